The minimum atomic E-state index is -0.00190. The zero-order valence-corrected chi connectivity index (χ0v) is 9.27. The van der Waals surface area contributed by atoms with E-state index in [1.807, 2.05) is 6.07 Å². The van der Waals surface area contributed by atoms with Crippen LogP contribution in [0.1, 0.15) is 15.9 Å². The number of hydrogen-bond donors (Lipinski definition) is 1. The van der Waals surface area contributed by atoms with Crippen LogP contribution >= 0.6 is 0 Å². The first-order valence-electron chi connectivity index (χ1n) is 5.33. The molecule has 1 amide bonds. The van der Waals surface area contributed by atoms with Gasteiger partial charge >= 0.3 is 0 Å². The van der Waals surface area contributed by atoms with E-state index in [1.54, 1.807) is 24.1 Å². The molecular formula is C12H15NO3. The molecule has 1 aromatic carbocycles. The highest BCUT2D eigenvalue weighted by atomic mass is 16.5. The van der Waals surface area contributed by atoms with Crippen LogP contribution in [0.4, 0.5) is 0 Å². The number of ether oxygens (including phenoxy) is 1. The monoisotopic (exact) mass is 221 g/mol. The number of benzene rings is 1. The third-order valence-corrected chi connectivity index (χ3v) is 2.85. The largest absolute Gasteiger partial charge is 0.497 e. The molecule has 0 spiro atoms. The Morgan fingerprint density at radius 1 is 1.50 bits per heavy atom. The molecule has 0 aliphatic carbocycles. The number of carbonyl (C=O) groups excluding carboxylic acids is 1. The maximum Gasteiger partial charge on any atom is 0.254 e. The van der Waals surface area contributed by atoms with Crippen molar-refractivity contribution in [1.29, 1.82) is 0 Å². The van der Waals surface area contributed by atoms with E-state index in [0.29, 0.717) is 13.1 Å². The van der Waals surface area contributed by atoms with Gasteiger partial charge in [-0.2, -0.15) is 0 Å². The molecule has 4 nitrogen and oxygen atoms in total. The maximum absolute atomic E-state index is 12.0. The molecular weight excluding hydrogens is 206 g/mol. The van der Waals surface area contributed by atoms with Crippen LogP contribution in [0.2, 0.25) is 0 Å². The summed E-state index contributed by atoms with van der Waals surface area (Å²) >= 11 is 0. The Morgan fingerprint density at radius 3 is 3.00 bits per heavy atom. The number of aliphatic hydroxyl groups is 1. The van der Waals surface area contributed by atoms with E-state index < -0.39 is 0 Å². The van der Waals surface area contributed by atoms with Crippen molar-refractivity contribution in [2.24, 2.45) is 0 Å². The van der Waals surface area contributed by atoms with Crippen LogP contribution < -0.4 is 4.74 Å². The third-order valence-electron chi connectivity index (χ3n) is 2.85. The molecule has 86 valence electrons. The third kappa shape index (κ3) is 1.88. The normalized spacial score (nSPS) is 14.9. The predicted octanol–water partition coefficient (Wildman–Crippen LogP) is 0.686. The van der Waals surface area contributed by atoms with Crippen LogP contribution in [-0.2, 0) is 6.42 Å². The zero-order valence-electron chi connectivity index (χ0n) is 9.27. The van der Waals surface area contributed by atoms with Crippen LogP contribution in [0.15, 0.2) is 18.2 Å². The quantitative estimate of drug-likeness (QED) is 0.816. The average Bonchev–Trinajstić information content (AvgIpc) is 2.32. The van der Waals surface area contributed by atoms with Crippen molar-refractivity contribution in [2.75, 3.05) is 26.8 Å². The first kappa shape index (κ1) is 11.0. The Balaban J connectivity index is 2.28. The van der Waals surface area contributed by atoms with E-state index in [2.05, 4.69) is 0 Å². The molecule has 0 atom stereocenters. The molecule has 1 aliphatic rings. The summed E-state index contributed by atoms with van der Waals surface area (Å²) in [5.41, 5.74) is 1.75. The topological polar surface area (TPSA) is 49.8 Å². The fraction of sp³-hybridized carbons (Fsp3) is 0.417. The number of aliphatic hydroxyl groups excluding tert-OH is 1. The van der Waals surface area contributed by atoms with Gasteiger partial charge in [0.1, 0.15) is 5.75 Å². The first-order chi connectivity index (χ1) is 7.76. The summed E-state index contributed by atoms with van der Waals surface area (Å²) < 4.78 is 5.12. The smallest absolute Gasteiger partial charge is 0.254 e. The van der Waals surface area contributed by atoms with Crippen molar-refractivity contribution < 1.29 is 14.6 Å². The van der Waals surface area contributed by atoms with Gasteiger partial charge in [0.15, 0.2) is 0 Å². The predicted molar refractivity (Wildman–Crippen MR) is 59.7 cm³/mol. The summed E-state index contributed by atoms with van der Waals surface area (Å²) in [5.74, 6) is 0.778. The first-order valence-corrected chi connectivity index (χ1v) is 5.33. The zero-order chi connectivity index (χ0) is 11.5. The van der Waals surface area contributed by atoms with Gasteiger partial charge in [0.05, 0.1) is 13.7 Å². The molecule has 1 aromatic rings. The number of methoxy groups -OCH3 is 1. The summed E-state index contributed by atoms with van der Waals surface area (Å²) in [7, 11) is 1.62. The highest BCUT2D eigenvalue weighted by Gasteiger charge is 2.23. The Hall–Kier alpha value is -1.55. The lowest BCUT2D eigenvalue weighted by Crippen LogP contribution is -2.39. The number of rotatable bonds is 3. The Labute approximate surface area is 94.4 Å². The van der Waals surface area contributed by atoms with Gasteiger partial charge in [-0.05, 0) is 30.2 Å². The molecule has 1 N–H and O–H groups in total. The van der Waals surface area contributed by atoms with Crippen molar-refractivity contribution in [2.45, 2.75) is 6.42 Å². The maximum atomic E-state index is 12.0. The van der Waals surface area contributed by atoms with Gasteiger partial charge in [-0.25, -0.2) is 0 Å². The number of nitrogens with zero attached hydrogens (tertiary/aromatic N) is 1. The van der Waals surface area contributed by atoms with Crippen LogP contribution in [-0.4, -0.2) is 42.7 Å². The van der Waals surface area contributed by atoms with Crippen molar-refractivity contribution >= 4 is 5.91 Å². The second-order valence-corrected chi connectivity index (χ2v) is 3.79. The average molecular weight is 221 g/mol. The van der Waals surface area contributed by atoms with E-state index in [1.165, 1.54) is 0 Å². The van der Waals surface area contributed by atoms with Gasteiger partial charge in [-0.1, -0.05) is 0 Å². The summed E-state index contributed by atoms with van der Waals surface area (Å²) in [6, 6.07) is 5.49. The van der Waals surface area contributed by atoms with E-state index >= 15 is 0 Å². The highest BCUT2D eigenvalue weighted by Crippen LogP contribution is 2.23. The fourth-order valence-corrected chi connectivity index (χ4v) is 1.97. The van der Waals surface area contributed by atoms with Gasteiger partial charge in [-0.3, -0.25) is 4.79 Å². The van der Waals surface area contributed by atoms with Gasteiger partial charge in [-0.15, -0.1) is 0 Å². The van der Waals surface area contributed by atoms with Crippen LogP contribution in [0.25, 0.3) is 0 Å². The van der Waals surface area contributed by atoms with Crippen molar-refractivity contribution in [3.8, 4) is 5.75 Å². The minimum absolute atomic E-state index is 0.00190. The second kappa shape index (κ2) is 4.53. The molecule has 0 bridgehead atoms. The van der Waals surface area contributed by atoms with E-state index in [-0.39, 0.29) is 12.5 Å². The molecule has 0 saturated carbocycles. The number of amides is 1. The van der Waals surface area contributed by atoms with Gasteiger partial charge in [0, 0.05) is 18.7 Å². The number of carbonyl (C=O) groups is 1. The number of fused-ring (bicyclic) bond motifs is 1. The molecule has 4 heteroatoms. The lowest BCUT2D eigenvalue weighted by Gasteiger charge is -2.28. The molecule has 2 rings (SSSR count). The molecule has 1 aliphatic heterocycles. The Morgan fingerprint density at radius 2 is 2.31 bits per heavy atom. The number of β-amino-alcohol motifs (C(OH)–C–C–N with tert-alkyl or cyclic N) is 1. The van der Waals surface area contributed by atoms with Crippen molar-refractivity contribution in [3.63, 3.8) is 0 Å². The van der Waals surface area contributed by atoms with Gasteiger partial charge in [0.25, 0.3) is 5.91 Å². The minimum Gasteiger partial charge on any atom is -0.497 e. The summed E-state index contributed by atoms with van der Waals surface area (Å²) in [4.78, 5) is 13.7. The van der Waals surface area contributed by atoms with Crippen molar-refractivity contribution in [1.82, 2.24) is 4.90 Å². The van der Waals surface area contributed by atoms with E-state index in [9.17, 15) is 4.79 Å². The number of hydrogen-bond acceptors (Lipinski definition) is 3. The molecule has 0 fully saturated rings. The Kier molecular flexibility index (Phi) is 3.10. The van der Waals surface area contributed by atoms with E-state index in [4.69, 9.17) is 9.84 Å². The van der Waals surface area contributed by atoms with Gasteiger partial charge < -0.3 is 14.7 Å². The lowest BCUT2D eigenvalue weighted by molar-refractivity contribution is 0.0705. The molecule has 0 unspecified atom stereocenters. The van der Waals surface area contributed by atoms with Crippen LogP contribution in [0.5, 0.6) is 5.75 Å². The van der Waals surface area contributed by atoms with E-state index in [0.717, 1.165) is 23.3 Å². The van der Waals surface area contributed by atoms with Crippen LogP contribution in [0.3, 0.4) is 0 Å². The summed E-state index contributed by atoms with van der Waals surface area (Å²) in [5, 5.41) is 8.85. The molecule has 1 heterocycles. The highest BCUT2D eigenvalue weighted by molar-refractivity contribution is 5.96. The summed E-state index contributed by atoms with van der Waals surface area (Å²) in [6.07, 6.45) is 0.818. The van der Waals surface area contributed by atoms with Crippen molar-refractivity contribution in [3.05, 3.63) is 29.3 Å². The Bertz CT molecular complexity index is 403. The van der Waals surface area contributed by atoms with Crippen LogP contribution in [0, 0.1) is 0 Å². The fourth-order valence-electron chi connectivity index (χ4n) is 1.97. The standard InChI is InChI=1S/C12H15NO3/c1-16-10-2-3-11-9(8-10)4-5-13(6-7-14)12(11)15/h2-3,8,14H,4-7H2,1H3. The molecule has 0 radical (unpaired) electrons. The summed E-state index contributed by atoms with van der Waals surface area (Å²) in [6.45, 7) is 1.08. The SMILES string of the molecule is COc1ccc2c(c1)CCN(CCO)C2=O. The second-order valence-electron chi connectivity index (χ2n) is 3.79. The molecule has 0 saturated heterocycles. The lowest BCUT2D eigenvalue weighted by atomic mass is 9.99. The molecule has 0 aromatic heterocycles. The molecule has 16 heavy (non-hydrogen) atoms. The van der Waals surface area contributed by atoms with Gasteiger partial charge in [0.2, 0.25) is 0 Å².